The average Bonchev–Trinajstić information content (AvgIpc) is 2.28. The molecule has 3 nitrogen and oxygen atoms in total. The summed E-state index contributed by atoms with van der Waals surface area (Å²) in [6.45, 7) is 3.54. The number of halogens is 4. The third-order valence-corrected chi connectivity index (χ3v) is 3.58. The first-order valence-electron chi connectivity index (χ1n) is 5.68. The Morgan fingerprint density at radius 3 is 2.37 bits per heavy atom. The van der Waals surface area contributed by atoms with Crippen LogP contribution in [0.3, 0.4) is 0 Å². The fourth-order valence-corrected chi connectivity index (χ4v) is 2.68. The highest BCUT2D eigenvalue weighted by molar-refractivity contribution is 9.09. The molecule has 0 amide bonds. The van der Waals surface area contributed by atoms with Crippen LogP contribution in [0.2, 0.25) is 0 Å². The lowest BCUT2D eigenvalue weighted by Gasteiger charge is -2.22. The molecule has 1 rings (SSSR count). The van der Waals surface area contributed by atoms with Gasteiger partial charge in [-0.2, -0.15) is 13.2 Å². The molecule has 1 aromatic rings. The van der Waals surface area contributed by atoms with Crippen molar-refractivity contribution in [2.45, 2.75) is 37.2 Å². The van der Waals surface area contributed by atoms with Gasteiger partial charge in [0.2, 0.25) is 0 Å². The summed E-state index contributed by atoms with van der Waals surface area (Å²) in [4.78, 5) is 9.62. The molecule has 0 aromatic heterocycles. The summed E-state index contributed by atoms with van der Waals surface area (Å²) < 4.78 is 39.0. The summed E-state index contributed by atoms with van der Waals surface area (Å²) in [6.07, 6.45) is -4.09. The van der Waals surface area contributed by atoms with Gasteiger partial charge in [0.15, 0.2) is 0 Å². The Labute approximate surface area is 117 Å². The van der Waals surface area contributed by atoms with Crippen LogP contribution in [0.1, 0.15) is 37.3 Å². The van der Waals surface area contributed by atoms with E-state index < -0.39 is 22.4 Å². The molecule has 2 atom stereocenters. The Morgan fingerprint density at radius 1 is 1.42 bits per heavy atom. The number of hydrogen-bond acceptors (Lipinski definition) is 2. The van der Waals surface area contributed by atoms with Gasteiger partial charge in [0.25, 0.3) is 5.69 Å². The Hall–Kier alpha value is -1.11. The van der Waals surface area contributed by atoms with E-state index in [0.29, 0.717) is 12.5 Å². The number of nitrogens with zero attached hydrogens (tertiary/aromatic N) is 1. The first-order chi connectivity index (χ1) is 8.68. The largest absolute Gasteiger partial charge is 0.416 e. The van der Waals surface area contributed by atoms with E-state index in [4.69, 9.17) is 0 Å². The monoisotopic (exact) mass is 339 g/mol. The smallest absolute Gasteiger partial charge is 0.258 e. The average molecular weight is 340 g/mol. The molecule has 2 unspecified atom stereocenters. The minimum atomic E-state index is -4.60. The minimum absolute atomic E-state index is 0.0879. The van der Waals surface area contributed by atoms with Gasteiger partial charge in [-0.05, 0) is 17.9 Å². The second-order valence-corrected chi connectivity index (χ2v) is 5.66. The molecule has 7 heteroatoms. The molecule has 0 saturated heterocycles. The van der Waals surface area contributed by atoms with Crippen LogP contribution in [0.5, 0.6) is 0 Å². The first-order valence-corrected chi connectivity index (χ1v) is 6.59. The second-order valence-electron chi connectivity index (χ2n) is 4.22. The number of nitro groups is 1. The van der Waals surface area contributed by atoms with Crippen molar-refractivity contribution in [2.75, 3.05) is 0 Å². The topological polar surface area (TPSA) is 43.1 Å². The van der Waals surface area contributed by atoms with Crippen LogP contribution >= 0.6 is 15.9 Å². The number of hydrogen-bond donors (Lipinski definition) is 0. The molecule has 0 fully saturated rings. The predicted octanol–water partition coefficient (Wildman–Crippen LogP) is 4.89. The number of benzene rings is 1. The highest BCUT2D eigenvalue weighted by Gasteiger charge is 2.37. The van der Waals surface area contributed by atoms with Crippen LogP contribution in [0.25, 0.3) is 0 Å². The van der Waals surface area contributed by atoms with Crippen LogP contribution in [0.15, 0.2) is 18.2 Å². The lowest BCUT2D eigenvalue weighted by Crippen LogP contribution is -2.16. The highest BCUT2D eigenvalue weighted by Crippen LogP contribution is 2.40. The fraction of sp³-hybridized carbons (Fsp3) is 0.500. The molecule has 0 bridgehead atoms. The SMILES string of the molecule is CCC(c1ccc([N+](=O)[O-])cc1C(F)(F)F)C(C)Br. The predicted molar refractivity (Wildman–Crippen MR) is 69.5 cm³/mol. The number of alkyl halides is 4. The molecule has 0 aliphatic carbocycles. The second kappa shape index (κ2) is 5.90. The van der Waals surface area contributed by atoms with E-state index in [0.717, 1.165) is 6.07 Å². The van der Waals surface area contributed by atoms with Crippen molar-refractivity contribution in [3.05, 3.63) is 39.4 Å². The number of non-ortho nitro benzene ring substituents is 1. The van der Waals surface area contributed by atoms with Crippen molar-refractivity contribution >= 4 is 21.6 Å². The number of rotatable bonds is 4. The van der Waals surface area contributed by atoms with Crippen LogP contribution < -0.4 is 0 Å². The van der Waals surface area contributed by atoms with Gasteiger partial charge in [-0.1, -0.05) is 35.8 Å². The van der Waals surface area contributed by atoms with Crippen molar-refractivity contribution in [1.29, 1.82) is 0 Å². The maximum absolute atomic E-state index is 13.0. The van der Waals surface area contributed by atoms with Gasteiger partial charge in [0.1, 0.15) is 0 Å². The number of nitro benzene ring substituents is 1. The van der Waals surface area contributed by atoms with Crippen LogP contribution in [0, 0.1) is 10.1 Å². The summed E-state index contributed by atoms with van der Waals surface area (Å²) in [5.74, 6) is -0.350. The lowest BCUT2D eigenvalue weighted by molar-refractivity contribution is -0.385. The van der Waals surface area contributed by atoms with Crippen molar-refractivity contribution in [3.8, 4) is 0 Å². The van der Waals surface area contributed by atoms with Gasteiger partial charge < -0.3 is 0 Å². The van der Waals surface area contributed by atoms with Gasteiger partial charge in [-0.15, -0.1) is 0 Å². The third-order valence-electron chi connectivity index (χ3n) is 2.95. The van der Waals surface area contributed by atoms with Crippen LogP contribution in [0.4, 0.5) is 18.9 Å². The van der Waals surface area contributed by atoms with Crippen molar-refractivity contribution < 1.29 is 18.1 Å². The summed E-state index contributed by atoms with van der Waals surface area (Å²) >= 11 is 3.28. The molecular weight excluding hydrogens is 327 g/mol. The van der Waals surface area contributed by atoms with E-state index in [2.05, 4.69) is 15.9 Å². The molecule has 19 heavy (non-hydrogen) atoms. The van der Waals surface area contributed by atoms with Gasteiger partial charge in [0, 0.05) is 17.0 Å². The summed E-state index contributed by atoms with van der Waals surface area (Å²) in [6, 6.07) is 2.92. The van der Waals surface area contributed by atoms with Gasteiger partial charge >= 0.3 is 6.18 Å². The molecule has 0 aliphatic rings. The van der Waals surface area contributed by atoms with Crippen molar-refractivity contribution in [2.24, 2.45) is 0 Å². The fourth-order valence-electron chi connectivity index (χ4n) is 2.02. The minimum Gasteiger partial charge on any atom is -0.258 e. The Kier molecular flexibility index (Phi) is 4.95. The maximum atomic E-state index is 13.0. The van der Waals surface area contributed by atoms with E-state index >= 15 is 0 Å². The highest BCUT2D eigenvalue weighted by atomic mass is 79.9. The molecule has 0 heterocycles. The Balaban J connectivity index is 3.43. The van der Waals surface area contributed by atoms with E-state index in [9.17, 15) is 23.3 Å². The zero-order chi connectivity index (χ0) is 14.8. The quantitative estimate of drug-likeness (QED) is 0.445. The Bertz CT molecular complexity index is 475. The summed E-state index contributed by atoms with van der Waals surface area (Å²) in [5, 5.41) is 10.6. The zero-order valence-corrected chi connectivity index (χ0v) is 12.0. The van der Waals surface area contributed by atoms with Crippen molar-refractivity contribution in [3.63, 3.8) is 0 Å². The molecular formula is C12H13BrF3NO2. The normalized spacial score (nSPS) is 15.1. The molecule has 0 spiro atoms. The maximum Gasteiger partial charge on any atom is 0.416 e. The molecule has 106 valence electrons. The third kappa shape index (κ3) is 3.68. The molecule has 0 radical (unpaired) electrons. The van der Waals surface area contributed by atoms with E-state index in [-0.39, 0.29) is 16.3 Å². The summed E-state index contributed by atoms with van der Waals surface area (Å²) in [7, 11) is 0. The summed E-state index contributed by atoms with van der Waals surface area (Å²) in [5.41, 5.74) is -1.39. The van der Waals surface area contributed by atoms with Crippen molar-refractivity contribution in [1.82, 2.24) is 0 Å². The molecule has 1 aromatic carbocycles. The van der Waals surface area contributed by atoms with E-state index in [1.165, 1.54) is 6.07 Å². The standard InChI is InChI=1S/C12H13BrF3NO2/c1-3-9(7(2)13)10-5-4-8(17(18)19)6-11(10)12(14,15)16/h4-7,9H,3H2,1-2H3. The Morgan fingerprint density at radius 2 is 2.00 bits per heavy atom. The zero-order valence-electron chi connectivity index (χ0n) is 10.4. The van der Waals surface area contributed by atoms with E-state index in [1.54, 1.807) is 13.8 Å². The van der Waals surface area contributed by atoms with Gasteiger partial charge in [0.05, 0.1) is 10.5 Å². The first kappa shape index (κ1) is 15.9. The van der Waals surface area contributed by atoms with Gasteiger partial charge in [-0.25, -0.2) is 0 Å². The van der Waals surface area contributed by atoms with E-state index in [1.807, 2.05) is 0 Å². The molecule has 0 aliphatic heterocycles. The molecule has 0 N–H and O–H groups in total. The van der Waals surface area contributed by atoms with Crippen LogP contribution in [-0.2, 0) is 6.18 Å². The van der Waals surface area contributed by atoms with Gasteiger partial charge in [-0.3, -0.25) is 10.1 Å². The molecule has 0 saturated carbocycles. The lowest BCUT2D eigenvalue weighted by atomic mass is 9.89. The van der Waals surface area contributed by atoms with Crippen LogP contribution in [-0.4, -0.2) is 9.75 Å².